The Hall–Kier alpha value is -1.97. The van der Waals surface area contributed by atoms with Gasteiger partial charge in [-0.1, -0.05) is 13.8 Å². The first-order chi connectivity index (χ1) is 9.65. The van der Waals surface area contributed by atoms with E-state index >= 15 is 0 Å². The van der Waals surface area contributed by atoms with E-state index in [4.69, 9.17) is 0 Å². The van der Waals surface area contributed by atoms with Crippen molar-refractivity contribution in [3.8, 4) is 0 Å². The number of rotatable bonds is 2. The molecule has 4 heteroatoms. The summed E-state index contributed by atoms with van der Waals surface area (Å²) in [6, 6.07) is 1.93. The highest BCUT2D eigenvalue weighted by Gasteiger charge is 2.29. The van der Waals surface area contributed by atoms with Gasteiger partial charge in [-0.3, -0.25) is 9.78 Å². The number of pyridine rings is 2. The second-order valence-corrected chi connectivity index (χ2v) is 4.91. The molecular formula is C16H21N3O. The van der Waals surface area contributed by atoms with Gasteiger partial charge in [0.1, 0.15) is 5.82 Å². The number of nitrogens with zero attached hydrogens (tertiary/aromatic N) is 2. The van der Waals surface area contributed by atoms with Gasteiger partial charge < -0.3 is 5.32 Å². The molecule has 20 heavy (non-hydrogen) atoms. The molecule has 1 aliphatic rings. The highest BCUT2D eigenvalue weighted by molar-refractivity contribution is 5.96. The molecule has 3 rings (SSSR count). The van der Waals surface area contributed by atoms with Crippen LogP contribution in [0, 0.1) is 19.8 Å². The van der Waals surface area contributed by atoms with Crippen molar-refractivity contribution in [1.82, 2.24) is 9.97 Å². The van der Waals surface area contributed by atoms with Crippen LogP contribution in [-0.4, -0.2) is 15.9 Å². The molecule has 4 nitrogen and oxygen atoms in total. The molecule has 0 radical (unpaired) electrons. The average Bonchev–Trinajstić information content (AvgIpc) is 3.30. The first-order valence-corrected chi connectivity index (χ1v) is 7.18. The van der Waals surface area contributed by atoms with Crippen LogP contribution in [-0.2, 0) is 4.79 Å². The van der Waals surface area contributed by atoms with Crippen LogP contribution in [0.1, 0.15) is 37.9 Å². The zero-order chi connectivity index (χ0) is 14.7. The Bertz CT molecular complexity index is 633. The minimum atomic E-state index is 0.0882. The van der Waals surface area contributed by atoms with Gasteiger partial charge in [0.2, 0.25) is 5.91 Å². The van der Waals surface area contributed by atoms with Gasteiger partial charge in [-0.05, 0) is 43.7 Å². The zero-order valence-corrected chi connectivity index (χ0v) is 12.5. The second-order valence-electron chi connectivity index (χ2n) is 4.91. The van der Waals surface area contributed by atoms with E-state index in [0.29, 0.717) is 5.82 Å². The summed E-state index contributed by atoms with van der Waals surface area (Å²) in [6.07, 6.45) is 5.64. The molecular weight excluding hydrogens is 250 g/mol. The molecule has 0 spiro atoms. The van der Waals surface area contributed by atoms with E-state index in [1.807, 2.05) is 40.0 Å². The Morgan fingerprint density at radius 2 is 1.85 bits per heavy atom. The smallest absolute Gasteiger partial charge is 0.228 e. The van der Waals surface area contributed by atoms with E-state index in [0.717, 1.165) is 34.9 Å². The largest absolute Gasteiger partial charge is 0.310 e. The molecule has 106 valence electrons. The molecule has 0 bridgehead atoms. The summed E-state index contributed by atoms with van der Waals surface area (Å²) in [5, 5.41) is 5.01. The molecule has 0 aromatic carbocycles. The molecule has 2 heterocycles. The maximum Gasteiger partial charge on any atom is 0.228 e. The maximum atomic E-state index is 11.7. The number of aryl methyl sites for hydroxylation is 2. The summed E-state index contributed by atoms with van der Waals surface area (Å²) in [7, 11) is 0. The van der Waals surface area contributed by atoms with Crippen LogP contribution >= 0.6 is 0 Å². The molecule has 0 saturated heterocycles. The number of hydrogen-bond acceptors (Lipinski definition) is 3. The summed E-state index contributed by atoms with van der Waals surface area (Å²) < 4.78 is 0. The Balaban J connectivity index is 0.000000704. The number of nitrogens with one attached hydrogen (secondary N) is 1. The highest BCUT2D eigenvalue weighted by atomic mass is 16.2. The number of carbonyl (C=O) groups is 1. The molecule has 1 amide bonds. The maximum absolute atomic E-state index is 11.7. The first-order valence-electron chi connectivity index (χ1n) is 7.18. The van der Waals surface area contributed by atoms with Gasteiger partial charge in [0, 0.05) is 29.4 Å². The summed E-state index contributed by atoms with van der Waals surface area (Å²) in [5.41, 5.74) is 2.06. The molecule has 0 unspecified atom stereocenters. The van der Waals surface area contributed by atoms with Crippen molar-refractivity contribution in [2.45, 2.75) is 40.5 Å². The number of amides is 1. The van der Waals surface area contributed by atoms with E-state index < -0.39 is 0 Å². The number of carbonyl (C=O) groups excluding carboxylic acids is 1. The minimum Gasteiger partial charge on any atom is -0.310 e. The first kappa shape index (κ1) is 14.4. The SMILES string of the molecule is CC.Cc1cnc(C)c2cnc(NC(=O)C3CC3)cc12. The number of hydrogen-bond donors (Lipinski definition) is 1. The second kappa shape index (κ2) is 5.99. The summed E-state index contributed by atoms with van der Waals surface area (Å²) in [5.74, 6) is 0.918. The zero-order valence-electron chi connectivity index (χ0n) is 12.5. The standard InChI is InChI=1S/C14H15N3O.C2H6/c1-8-6-15-9(2)12-7-16-13(5-11(8)12)17-14(18)10-3-4-10;1-2/h5-7,10H,3-4H2,1-2H3,(H,16,17,18);1-2H3. The highest BCUT2D eigenvalue weighted by Crippen LogP contribution is 2.30. The molecule has 2 aromatic heterocycles. The third-order valence-electron chi connectivity index (χ3n) is 3.37. The van der Waals surface area contributed by atoms with E-state index in [2.05, 4.69) is 15.3 Å². The number of anilines is 1. The average molecular weight is 271 g/mol. The van der Waals surface area contributed by atoms with Crippen molar-refractivity contribution in [2.75, 3.05) is 5.32 Å². The lowest BCUT2D eigenvalue weighted by molar-refractivity contribution is -0.117. The van der Waals surface area contributed by atoms with Crippen molar-refractivity contribution >= 4 is 22.5 Å². The van der Waals surface area contributed by atoms with Crippen molar-refractivity contribution in [3.05, 3.63) is 29.7 Å². The van der Waals surface area contributed by atoms with Gasteiger partial charge in [-0.2, -0.15) is 0 Å². The third kappa shape index (κ3) is 2.95. The summed E-state index contributed by atoms with van der Waals surface area (Å²) in [6.45, 7) is 7.98. The van der Waals surface area contributed by atoms with Crippen molar-refractivity contribution in [1.29, 1.82) is 0 Å². The Morgan fingerprint density at radius 1 is 1.15 bits per heavy atom. The van der Waals surface area contributed by atoms with Crippen LogP contribution in [0.15, 0.2) is 18.5 Å². The van der Waals surface area contributed by atoms with Crippen molar-refractivity contribution in [2.24, 2.45) is 5.92 Å². The van der Waals surface area contributed by atoms with Gasteiger partial charge in [-0.25, -0.2) is 4.98 Å². The monoisotopic (exact) mass is 271 g/mol. The van der Waals surface area contributed by atoms with E-state index in [1.165, 1.54) is 0 Å². The summed E-state index contributed by atoms with van der Waals surface area (Å²) >= 11 is 0. The number of fused-ring (bicyclic) bond motifs is 1. The fourth-order valence-corrected chi connectivity index (χ4v) is 2.04. The quantitative estimate of drug-likeness (QED) is 0.907. The van der Waals surface area contributed by atoms with Crippen LogP contribution in [0.5, 0.6) is 0 Å². The third-order valence-corrected chi connectivity index (χ3v) is 3.37. The van der Waals surface area contributed by atoms with Gasteiger partial charge in [0.25, 0.3) is 0 Å². The van der Waals surface area contributed by atoms with Crippen LogP contribution in [0.25, 0.3) is 10.8 Å². The van der Waals surface area contributed by atoms with Gasteiger partial charge >= 0.3 is 0 Å². The van der Waals surface area contributed by atoms with E-state index in [1.54, 1.807) is 6.20 Å². The molecule has 2 aromatic rings. The van der Waals surface area contributed by atoms with Crippen molar-refractivity contribution in [3.63, 3.8) is 0 Å². The Labute approximate surface area is 119 Å². The lowest BCUT2D eigenvalue weighted by atomic mass is 10.1. The molecule has 1 fully saturated rings. The van der Waals surface area contributed by atoms with Crippen LogP contribution in [0.2, 0.25) is 0 Å². The van der Waals surface area contributed by atoms with Crippen LogP contribution in [0.3, 0.4) is 0 Å². The van der Waals surface area contributed by atoms with Crippen molar-refractivity contribution < 1.29 is 4.79 Å². The molecule has 0 atom stereocenters. The van der Waals surface area contributed by atoms with E-state index in [-0.39, 0.29) is 11.8 Å². The lowest BCUT2D eigenvalue weighted by Gasteiger charge is -2.08. The Morgan fingerprint density at radius 3 is 2.50 bits per heavy atom. The fourth-order valence-electron chi connectivity index (χ4n) is 2.04. The van der Waals surface area contributed by atoms with Gasteiger partial charge in [0.05, 0.1) is 0 Å². The van der Waals surface area contributed by atoms with Gasteiger partial charge in [0.15, 0.2) is 0 Å². The minimum absolute atomic E-state index is 0.0882. The molecule has 1 N–H and O–H groups in total. The normalized spacial score (nSPS) is 13.6. The molecule has 1 saturated carbocycles. The van der Waals surface area contributed by atoms with Gasteiger partial charge in [-0.15, -0.1) is 0 Å². The predicted molar refractivity (Wildman–Crippen MR) is 81.7 cm³/mol. The molecule has 0 aliphatic heterocycles. The lowest BCUT2D eigenvalue weighted by Crippen LogP contribution is -2.14. The number of aromatic nitrogens is 2. The topological polar surface area (TPSA) is 54.9 Å². The van der Waals surface area contributed by atoms with E-state index in [9.17, 15) is 4.79 Å². The fraction of sp³-hybridized carbons (Fsp3) is 0.438. The van der Waals surface area contributed by atoms with Crippen LogP contribution in [0.4, 0.5) is 5.82 Å². The molecule has 1 aliphatic carbocycles. The van der Waals surface area contributed by atoms with Crippen LogP contribution < -0.4 is 5.32 Å². The predicted octanol–water partition coefficient (Wildman–Crippen LogP) is 3.62. The summed E-state index contributed by atoms with van der Waals surface area (Å²) in [4.78, 5) is 20.3. The Kier molecular flexibility index (Phi) is 4.32.